The van der Waals surface area contributed by atoms with E-state index in [9.17, 15) is 4.79 Å². The Labute approximate surface area is 107 Å². The van der Waals surface area contributed by atoms with Crippen molar-refractivity contribution in [3.63, 3.8) is 0 Å². The number of rotatable bonds is 6. The molecule has 0 fully saturated rings. The topological polar surface area (TPSA) is 58.6 Å². The number of carboxylic acid groups (broad SMARTS) is 1. The summed E-state index contributed by atoms with van der Waals surface area (Å²) in [6.45, 7) is 3.47. The number of fused-ring (bicyclic) bond motifs is 1. The lowest BCUT2D eigenvalue weighted by Crippen LogP contribution is -2.30. The predicted molar refractivity (Wildman–Crippen MR) is 68.8 cm³/mol. The van der Waals surface area contributed by atoms with Crippen LogP contribution in [0, 0.1) is 0 Å². The predicted octanol–water partition coefficient (Wildman–Crippen LogP) is 1.96. The van der Waals surface area contributed by atoms with E-state index in [1.54, 1.807) is 0 Å². The highest BCUT2D eigenvalue weighted by Gasteiger charge is 2.13. The molecule has 2 N–H and O–H groups in total. The minimum atomic E-state index is -0.753. The monoisotopic (exact) mass is 249 g/mol. The molecular weight excluding hydrogens is 230 g/mol. The van der Waals surface area contributed by atoms with Crippen molar-refractivity contribution >= 4 is 5.97 Å². The second-order valence-corrected chi connectivity index (χ2v) is 4.62. The lowest BCUT2D eigenvalue weighted by atomic mass is 10.1. The van der Waals surface area contributed by atoms with Gasteiger partial charge < -0.3 is 15.2 Å². The maximum atomic E-state index is 10.7. The van der Waals surface area contributed by atoms with Gasteiger partial charge in [0.25, 0.3) is 0 Å². The van der Waals surface area contributed by atoms with E-state index >= 15 is 0 Å². The van der Waals surface area contributed by atoms with Crippen LogP contribution in [0.3, 0.4) is 0 Å². The van der Waals surface area contributed by atoms with Crippen LogP contribution >= 0.6 is 0 Å². The first kappa shape index (κ1) is 12.9. The summed E-state index contributed by atoms with van der Waals surface area (Å²) in [6, 6.07) is 6.21. The molecule has 4 heteroatoms. The van der Waals surface area contributed by atoms with Gasteiger partial charge in [-0.15, -0.1) is 0 Å². The van der Waals surface area contributed by atoms with E-state index in [1.807, 2.05) is 19.1 Å². The molecular formula is C14H19NO3. The van der Waals surface area contributed by atoms with Crippen LogP contribution in [-0.4, -0.2) is 23.7 Å². The van der Waals surface area contributed by atoms with Crippen LogP contribution in [0.5, 0.6) is 5.75 Å². The van der Waals surface area contributed by atoms with E-state index < -0.39 is 5.97 Å². The van der Waals surface area contributed by atoms with Crippen LogP contribution in [0.15, 0.2) is 18.2 Å². The largest absolute Gasteiger partial charge is 0.493 e. The van der Waals surface area contributed by atoms with Gasteiger partial charge in [-0.05, 0) is 23.6 Å². The van der Waals surface area contributed by atoms with Crippen LogP contribution in [-0.2, 0) is 17.8 Å². The van der Waals surface area contributed by atoms with Gasteiger partial charge >= 0.3 is 5.97 Å². The number of nitrogens with one attached hydrogen (secondary N) is 1. The van der Waals surface area contributed by atoms with E-state index in [1.165, 1.54) is 11.1 Å². The Hall–Kier alpha value is -1.55. The van der Waals surface area contributed by atoms with Crippen molar-refractivity contribution in [2.45, 2.75) is 38.8 Å². The molecule has 0 aliphatic carbocycles. The zero-order valence-corrected chi connectivity index (χ0v) is 10.6. The molecule has 1 aromatic carbocycles. The summed E-state index contributed by atoms with van der Waals surface area (Å²) >= 11 is 0. The van der Waals surface area contributed by atoms with Gasteiger partial charge in [-0.25, -0.2) is 0 Å². The maximum absolute atomic E-state index is 10.7. The number of aliphatic carboxylic acids is 1. The van der Waals surface area contributed by atoms with E-state index in [2.05, 4.69) is 11.4 Å². The van der Waals surface area contributed by atoms with E-state index in [4.69, 9.17) is 9.84 Å². The molecule has 0 bridgehead atoms. The molecule has 0 aromatic heterocycles. The first-order valence-corrected chi connectivity index (χ1v) is 6.39. The summed E-state index contributed by atoms with van der Waals surface area (Å²) < 4.78 is 5.45. The first-order valence-electron chi connectivity index (χ1n) is 6.39. The van der Waals surface area contributed by atoms with Crippen molar-refractivity contribution in [3.8, 4) is 5.75 Å². The molecule has 4 nitrogen and oxygen atoms in total. The second kappa shape index (κ2) is 5.87. The molecule has 0 spiro atoms. The quantitative estimate of drug-likeness (QED) is 0.809. The van der Waals surface area contributed by atoms with Crippen molar-refractivity contribution < 1.29 is 14.6 Å². The molecule has 0 saturated carbocycles. The Morgan fingerprint density at radius 2 is 2.39 bits per heavy atom. The van der Waals surface area contributed by atoms with Crippen LogP contribution < -0.4 is 10.1 Å². The minimum Gasteiger partial charge on any atom is -0.493 e. The Balaban J connectivity index is 1.91. The van der Waals surface area contributed by atoms with Crippen molar-refractivity contribution in [2.75, 3.05) is 6.61 Å². The van der Waals surface area contributed by atoms with Crippen molar-refractivity contribution in [1.82, 2.24) is 5.32 Å². The summed E-state index contributed by atoms with van der Waals surface area (Å²) in [6.07, 6.45) is 1.96. The molecule has 0 saturated heterocycles. The van der Waals surface area contributed by atoms with Crippen molar-refractivity contribution in [3.05, 3.63) is 29.3 Å². The number of carbonyl (C=O) groups is 1. The zero-order chi connectivity index (χ0) is 13.0. The van der Waals surface area contributed by atoms with Gasteiger partial charge in [-0.2, -0.15) is 0 Å². The molecule has 1 heterocycles. The smallest absolute Gasteiger partial charge is 0.304 e. The summed E-state index contributed by atoms with van der Waals surface area (Å²) in [5.41, 5.74) is 2.43. The number of hydrogen-bond acceptors (Lipinski definition) is 3. The molecule has 0 unspecified atom stereocenters. The number of benzene rings is 1. The second-order valence-electron chi connectivity index (χ2n) is 4.62. The van der Waals surface area contributed by atoms with Gasteiger partial charge in [-0.1, -0.05) is 19.1 Å². The fourth-order valence-corrected chi connectivity index (χ4v) is 2.18. The minimum absolute atomic E-state index is 0.0343. The number of carboxylic acids is 1. The molecule has 0 radical (unpaired) electrons. The number of hydrogen-bond donors (Lipinski definition) is 2. The third-order valence-electron chi connectivity index (χ3n) is 3.26. The molecule has 0 amide bonds. The third-order valence-corrected chi connectivity index (χ3v) is 3.26. The zero-order valence-electron chi connectivity index (χ0n) is 10.6. The van der Waals surface area contributed by atoms with Gasteiger partial charge in [0.05, 0.1) is 13.0 Å². The van der Waals surface area contributed by atoms with Crippen LogP contribution in [0.25, 0.3) is 0 Å². The van der Waals surface area contributed by atoms with Gasteiger partial charge in [0.15, 0.2) is 0 Å². The summed E-state index contributed by atoms with van der Waals surface area (Å²) in [5, 5.41) is 12.1. The molecule has 18 heavy (non-hydrogen) atoms. The summed E-state index contributed by atoms with van der Waals surface area (Å²) in [4.78, 5) is 10.7. The van der Waals surface area contributed by atoms with Crippen LogP contribution in [0.2, 0.25) is 0 Å². The normalized spacial score (nSPS) is 14.9. The van der Waals surface area contributed by atoms with Crippen LogP contribution in [0.1, 0.15) is 30.9 Å². The SMILES string of the molecule is CC[C@H](CC(=O)O)NCc1ccc2c(c1)CCO2. The number of ether oxygens (including phenoxy) is 1. The van der Waals surface area contributed by atoms with Gasteiger partial charge in [-0.3, -0.25) is 4.79 Å². The molecule has 1 aliphatic rings. The highest BCUT2D eigenvalue weighted by molar-refractivity contribution is 5.67. The highest BCUT2D eigenvalue weighted by atomic mass is 16.5. The first-order chi connectivity index (χ1) is 8.69. The lowest BCUT2D eigenvalue weighted by molar-refractivity contribution is -0.137. The Bertz CT molecular complexity index is 431. The van der Waals surface area contributed by atoms with E-state index in [-0.39, 0.29) is 12.5 Å². The summed E-state index contributed by atoms with van der Waals surface area (Å²) in [5.74, 6) is 0.230. The molecule has 1 atom stereocenters. The average molecular weight is 249 g/mol. The summed E-state index contributed by atoms with van der Waals surface area (Å²) in [7, 11) is 0. The molecule has 2 rings (SSSR count). The van der Waals surface area contributed by atoms with E-state index in [0.29, 0.717) is 6.54 Å². The molecule has 1 aliphatic heterocycles. The van der Waals surface area contributed by atoms with Crippen molar-refractivity contribution in [1.29, 1.82) is 0 Å². The standard InChI is InChI=1S/C14H19NO3/c1-2-12(8-14(16)17)15-9-10-3-4-13-11(7-10)5-6-18-13/h3-4,7,12,15H,2,5-6,8-9H2,1H3,(H,16,17)/t12-/m1/s1. The van der Waals surface area contributed by atoms with E-state index in [0.717, 1.165) is 25.2 Å². The lowest BCUT2D eigenvalue weighted by Gasteiger charge is -2.15. The molecule has 1 aromatic rings. The fourth-order valence-electron chi connectivity index (χ4n) is 2.18. The van der Waals surface area contributed by atoms with Gasteiger partial charge in [0.2, 0.25) is 0 Å². The van der Waals surface area contributed by atoms with Gasteiger partial charge in [0.1, 0.15) is 5.75 Å². The third kappa shape index (κ3) is 3.23. The van der Waals surface area contributed by atoms with Gasteiger partial charge in [0, 0.05) is 19.0 Å². The fraction of sp³-hybridized carbons (Fsp3) is 0.500. The Kier molecular flexibility index (Phi) is 4.20. The average Bonchev–Trinajstić information content (AvgIpc) is 2.81. The molecule has 98 valence electrons. The van der Waals surface area contributed by atoms with Crippen LogP contribution in [0.4, 0.5) is 0 Å². The maximum Gasteiger partial charge on any atom is 0.304 e. The van der Waals surface area contributed by atoms with Crippen molar-refractivity contribution in [2.24, 2.45) is 0 Å². The highest BCUT2D eigenvalue weighted by Crippen LogP contribution is 2.25. The Morgan fingerprint density at radius 1 is 1.56 bits per heavy atom. The Morgan fingerprint density at radius 3 is 3.11 bits per heavy atom.